The molecular formula is C23H36O6. The minimum Gasteiger partial charge on any atom is -0.508 e. The predicted octanol–water partition coefficient (Wildman–Crippen LogP) is 3.35. The Kier molecular flexibility index (Phi) is 10.4. The SMILES string of the molecule is COC1=C(O)[C@H](C)[C@@H](C/C=C(/C)CC/C=C(/C)C[C@H](O)/C=C(\C)CO)[C@@H](O)C1=O. The van der Waals surface area contributed by atoms with Gasteiger partial charge in [0.05, 0.1) is 19.8 Å². The summed E-state index contributed by atoms with van der Waals surface area (Å²) in [5, 5.41) is 39.4. The zero-order valence-corrected chi connectivity index (χ0v) is 18.2. The molecule has 6 nitrogen and oxygen atoms in total. The number of rotatable bonds is 10. The van der Waals surface area contributed by atoms with E-state index in [-0.39, 0.29) is 30.0 Å². The van der Waals surface area contributed by atoms with Crippen molar-refractivity contribution in [3.05, 3.63) is 46.5 Å². The van der Waals surface area contributed by atoms with Crippen LogP contribution in [0.25, 0.3) is 0 Å². The minimum atomic E-state index is -1.18. The van der Waals surface area contributed by atoms with Crippen LogP contribution in [0.15, 0.2) is 46.5 Å². The Hall–Kier alpha value is -1.89. The molecule has 0 aromatic heterocycles. The number of Topliss-reactive ketones (excluding diaryl/α,β-unsaturated/α-hetero) is 1. The maximum atomic E-state index is 12.1. The third-order valence-electron chi connectivity index (χ3n) is 5.44. The average Bonchev–Trinajstić information content (AvgIpc) is 2.66. The Morgan fingerprint density at radius 1 is 1.17 bits per heavy atom. The molecule has 0 saturated carbocycles. The van der Waals surface area contributed by atoms with Crippen molar-refractivity contribution in [2.24, 2.45) is 11.8 Å². The highest BCUT2D eigenvalue weighted by atomic mass is 16.5. The quantitative estimate of drug-likeness (QED) is 0.413. The van der Waals surface area contributed by atoms with E-state index in [0.717, 1.165) is 29.6 Å². The number of carbonyl (C=O) groups excluding carboxylic acids is 1. The molecule has 0 radical (unpaired) electrons. The molecule has 1 rings (SSSR count). The van der Waals surface area contributed by atoms with E-state index in [1.54, 1.807) is 19.9 Å². The van der Waals surface area contributed by atoms with Gasteiger partial charge in [0.2, 0.25) is 11.5 Å². The van der Waals surface area contributed by atoms with Crippen molar-refractivity contribution < 1.29 is 30.0 Å². The summed E-state index contributed by atoms with van der Waals surface area (Å²) in [6, 6.07) is 0. The number of ether oxygens (including phenoxy) is 1. The molecule has 0 heterocycles. The van der Waals surface area contributed by atoms with Crippen LogP contribution in [0.1, 0.15) is 53.4 Å². The second-order valence-corrected chi connectivity index (χ2v) is 8.00. The highest BCUT2D eigenvalue weighted by molar-refractivity contribution is 5.98. The second kappa shape index (κ2) is 12.0. The van der Waals surface area contributed by atoms with Crippen molar-refractivity contribution in [2.75, 3.05) is 13.7 Å². The fraction of sp³-hybridized carbons (Fsp3) is 0.609. The van der Waals surface area contributed by atoms with Crippen molar-refractivity contribution in [3.8, 4) is 0 Å². The first-order chi connectivity index (χ1) is 13.6. The Morgan fingerprint density at radius 2 is 1.83 bits per heavy atom. The van der Waals surface area contributed by atoms with Crippen LogP contribution < -0.4 is 0 Å². The third kappa shape index (κ3) is 7.46. The largest absolute Gasteiger partial charge is 0.508 e. The smallest absolute Gasteiger partial charge is 0.229 e. The first-order valence-electron chi connectivity index (χ1n) is 10.1. The number of carbonyl (C=O) groups is 1. The molecule has 0 aliphatic heterocycles. The molecule has 1 aliphatic rings. The highest BCUT2D eigenvalue weighted by Crippen LogP contribution is 2.34. The fourth-order valence-corrected chi connectivity index (χ4v) is 3.51. The molecule has 4 N–H and O–H groups in total. The Morgan fingerprint density at radius 3 is 2.41 bits per heavy atom. The van der Waals surface area contributed by atoms with Crippen LogP contribution in [0.4, 0.5) is 0 Å². The van der Waals surface area contributed by atoms with Gasteiger partial charge in [-0.25, -0.2) is 0 Å². The fourth-order valence-electron chi connectivity index (χ4n) is 3.51. The van der Waals surface area contributed by atoms with Crippen molar-refractivity contribution in [1.82, 2.24) is 0 Å². The lowest BCUT2D eigenvalue weighted by atomic mass is 9.77. The van der Waals surface area contributed by atoms with Gasteiger partial charge >= 0.3 is 0 Å². The number of aliphatic hydroxyl groups excluding tert-OH is 4. The van der Waals surface area contributed by atoms with Crippen LogP contribution in [-0.4, -0.2) is 52.1 Å². The van der Waals surface area contributed by atoms with E-state index in [9.17, 15) is 20.1 Å². The standard InChI is InChI=1S/C23H36O6/c1-14(7-6-8-15(2)11-18(25)12-16(3)13-24)9-10-19-17(4)20(26)23(29-5)22(28)21(19)27/h8-9,12,17-19,21,24-27H,6-7,10-11,13H2,1-5H3/b14-9-,15-8-,16-12+/t17-,18+,19-,21-/m1/s1. The Bertz CT molecular complexity index is 685. The van der Waals surface area contributed by atoms with Crippen LogP contribution in [0.3, 0.4) is 0 Å². The van der Waals surface area contributed by atoms with Crippen molar-refractivity contribution in [2.45, 2.75) is 65.6 Å². The van der Waals surface area contributed by atoms with E-state index in [1.165, 1.54) is 7.11 Å². The van der Waals surface area contributed by atoms with Gasteiger partial charge in [-0.3, -0.25) is 4.79 Å². The topological polar surface area (TPSA) is 107 Å². The van der Waals surface area contributed by atoms with Gasteiger partial charge in [0.1, 0.15) is 11.9 Å². The van der Waals surface area contributed by atoms with Crippen LogP contribution in [0.2, 0.25) is 0 Å². The lowest BCUT2D eigenvalue weighted by Crippen LogP contribution is -2.40. The number of ketones is 1. The summed E-state index contributed by atoms with van der Waals surface area (Å²) >= 11 is 0. The Balaban J connectivity index is 2.60. The van der Waals surface area contributed by atoms with Crippen LogP contribution in [-0.2, 0) is 9.53 Å². The minimum absolute atomic E-state index is 0.0515. The van der Waals surface area contributed by atoms with E-state index < -0.39 is 18.0 Å². The first-order valence-corrected chi connectivity index (χ1v) is 10.1. The number of hydrogen-bond acceptors (Lipinski definition) is 6. The molecule has 0 aromatic rings. The number of hydrogen-bond donors (Lipinski definition) is 4. The van der Waals surface area contributed by atoms with Crippen LogP contribution in [0.5, 0.6) is 0 Å². The van der Waals surface area contributed by atoms with Gasteiger partial charge in [-0.2, -0.15) is 0 Å². The van der Waals surface area contributed by atoms with E-state index in [4.69, 9.17) is 9.84 Å². The van der Waals surface area contributed by atoms with Crippen LogP contribution in [0, 0.1) is 11.8 Å². The van der Waals surface area contributed by atoms with Gasteiger partial charge in [-0.15, -0.1) is 0 Å². The average molecular weight is 409 g/mol. The molecule has 0 fully saturated rings. The maximum absolute atomic E-state index is 12.1. The molecule has 1 aliphatic carbocycles. The van der Waals surface area contributed by atoms with E-state index >= 15 is 0 Å². The zero-order chi connectivity index (χ0) is 22.1. The summed E-state index contributed by atoms with van der Waals surface area (Å²) in [7, 11) is 1.31. The molecule has 0 bridgehead atoms. The third-order valence-corrected chi connectivity index (χ3v) is 5.44. The molecule has 0 aromatic carbocycles. The van der Waals surface area contributed by atoms with Gasteiger partial charge in [-0.05, 0) is 52.0 Å². The number of allylic oxidation sites excluding steroid dienone is 4. The van der Waals surface area contributed by atoms with Gasteiger partial charge in [0.15, 0.2) is 0 Å². The molecule has 4 atom stereocenters. The van der Waals surface area contributed by atoms with Crippen molar-refractivity contribution in [3.63, 3.8) is 0 Å². The Labute approximate surface area is 173 Å². The summed E-state index contributed by atoms with van der Waals surface area (Å²) in [4.78, 5) is 12.1. The van der Waals surface area contributed by atoms with E-state index in [1.807, 2.05) is 19.9 Å². The monoisotopic (exact) mass is 408 g/mol. The van der Waals surface area contributed by atoms with Crippen molar-refractivity contribution >= 4 is 5.78 Å². The molecule has 164 valence electrons. The normalized spacial score (nSPS) is 25.4. The lowest BCUT2D eigenvalue weighted by molar-refractivity contribution is -0.132. The molecule has 0 spiro atoms. The van der Waals surface area contributed by atoms with Gasteiger partial charge in [0.25, 0.3) is 0 Å². The molecular weight excluding hydrogens is 372 g/mol. The molecule has 0 unspecified atom stereocenters. The van der Waals surface area contributed by atoms with Crippen LogP contribution >= 0.6 is 0 Å². The van der Waals surface area contributed by atoms with Crippen molar-refractivity contribution in [1.29, 1.82) is 0 Å². The lowest BCUT2D eigenvalue weighted by Gasteiger charge is -2.32. The first kappa shape index (κ1) is 25.1. The highest BCUT2D eigenvalue weighted by Gasteiger charge is 2.41. The van der Waals surface area contributed by atoms with Gasteiger partial charge < -0.3 is 25.2 Å². The summed E-state index contributed by atoms with van der Waals surface area (Å²) in [5.74, 6) is -1.55. The molecule has 6 heteroatoms. The summed E-state index contributed by atoms with van der Waals surface area (Å²) in [6.45, 7) is 7.48. The predicted molar refractivity (Wildman–Crippen MR) is 113 cm³/mol. The number of aliphatic hydroxyl groups is 4. The zero-order valence-electron chi connectivity index (χ0n) is 18.2. The van der Waals surface area contributed by atoms with E-state index in [2.05, 4.69) is 6.08 Å². The summed E-state index contributed by atoms with van der Waals surface area (Å²) in [5.41, 5.74) is 2.97. The van der Waals surface area contributed by atoms with E-state index in [0.29, 0.717) is 12.8 Å². The summed E-state index contributed by atoms with van der Waals surface area (Å²) in [6.07, 6.45) is 6.66. The summed E-state index contributed by atoms with van der Waals surface area (Å²) < 4.78 is 4.93. The molecule has 0 amide bonds. The number of methoxy groups -OCH3 is 1. The van der Waals surface area contributed by atoms with Gasteiger partial charge in [-0.1, -0.05) is 36.3 Å². The second-order valence-electron chi connectivity index (χ2n) is 8.00. The van der Waals surface area contributed by atoms with Gasteiger partial charge in [0, 0.05) is 11.8 Å². The molecule has 0 saturated heterocycles. The molecule has 29 heavy (non-hydrogen) atoms. The maximum Gasteiger partial charge on any atom is 0.229 e.